The van der Waals surface area contributed by atoms with Gasteiger partial charge in [-0.15, -0.1) is 11.3 Å². The number of carbonyl (C=O) groups excluding carboxylic acids is 1. The number of hydrogen-bond donors (Lipinski definition) is 1. The SMILES string of the molecule is COC(=O)c1ccc(-c2ccncc2N)s1. The van der Waals surface area contributed by atoms with Crippen LogP contribution in [0.3, 0.4) is 0 Å². The molecule has 4 nitrogen and oxygen atoms in total. The summed E-state index contributed by atoms with van der Waals surface area (Å²) in [7, 11) is 1.36. The van der Waals surface area contributed by atoms with Gasteiger partial charge in [-0.05, 0) is 18.2 Å². The highest BCUT2D eigenvalue weighted by Crippen LogP contribution is 2.31. The molecule has 0 unspecified atom stereocenters. The highest BCUT2D eigenvalue weighted by molar-refractivity contribution is 7.17. The third-order valence-corrected chi connectivity index (χ3v) is 3.21. The largest absolute Gasteiger partial charge is 0.465 e. The standard InChI is InChI=1S/C11H10N2O2S/c1-15-11(14)10-3-2-9(16-10)7-4-5-13-6-8(7)12/h2-6H,12H2,1H3. The molecular formula is C11H10N2O2S. The Morgan fingerprint density at radius 1 is 1.44 bits per heavy atom. The van der Waals surface area contributed by atoms with Gasteiger partial charge >= 0.3 is 5.97 Å². The van der Waals surface area contributed by atoms with Crippen molar-refractivity contribution in [2.75, 3.05) is 12.8 Å². The molecule has 0 aliphatic carbocycles. The minimum atomic E-state index is -0.330. The van der Waals surface area contributed by atoms with E-state index < -0.39 is 0 Å². The van der Waals surface area contributed by atoms with E-state index in [9.17, 15) is 4.79 Å². The van der Waals surface area contributed by atoms with E-state index in [1.165, 1.54) is 18.4 Å². The number of methoxy groups -OCH3 is 1. The van der Waals surface area contributed by atoms with Crippen molar-refractivity contribution in [3.05, 3.63) is 35.5 Å². The zero-order valence-corrected chi connectivity index (χ0v) is 9.45. The number of esters is 1. The van der Waals surface area contributed by atoms with Crippen LogP contribution in [0.5, 0.6) is 0 Å². The number of nitrogens with two attached hydrogens (primary N) is 1. The monoisotopic (exact) mass is 234 g/mol. The molecule has 82 valence electrons. The van der Waals surface area contributed by atoms with E-state index in [1.54, 1.807) is 18.5 Å². The van der Waals surface area contributed by atoms with Crippen LogP contribution in [-0.4, -0.2) is 18.1 Å². The van der Waals surface area contributed by atoms with Gasteiger partial charge in [-0.25, -0.2) is 4.79 Å². The summed E-state index contributed by atoms with van der Waals surface area (Å²) < 4.78 is 4.64. The molecule has 0 fully saturated rings. The van der Waals surface area contributed by atoms with Crippen LogP contribution >= 0.6 is 11.3 Å². The molecule has 0 saturated heterocycles. The number of ether oxygens (including phenoxy) is 1. The van der Waals surface area contributed by atoms with Crippen LogP contribution in [0.4, 0.5) is 5.69 Å². The number of carbonyl (C=O) groups is 1. The molecule has 2 aromatic rings. The molecule has 0 aliphatic rings. The summed E-state index contributed by atoms with van der Waals surface area (Å²) in [6.45, 7) is 0. The van der Waals surface area contributed by atoms with Gasteiger partial charge in [0, 0.05) is 16.6 Å². The number of hydrogen-bond acceptors (Lipinski definition) is 5. The van der Waals surface area contributed by atoms with Crippen LogP contribution in [0.2, 0.25) is 0 Å². The van der Waals surface area contributed by atoms with Gasteiger partial charge in [-0.3, -0.25) is 4.98 Å². The molecule has 0 amide bonds. The van der Waals surface area contributed by atoms with Gasteiger partial charge < -0.3 is 10.5 Å². The molecule has 2 N–H and O–H groups in total. The fraction of sp³-hybridized carbons (Fsp3) is 0.0909. The van der Waals surface area contributed by atoms with Gasteiger partial charge in [-0.1, -0.05) is 0 Å². The maximum atomic E-state index is 11.3. The molecule has 0 spiro atoms. The number of thiophene rings is 1. The summed E-state index contributed by atoms with van der Waals surface area (Å²) in [5.41, 5.74) is 7.28. The highest BCUT2D eigenvalue weighted by atomic mass is 32.1. The second-order valence-corrected chi connectivity index (χ2v) is 4.20. The highest BCUT2D eigenvalue weighted by Gasteiger charge is 2.11. The lowest BCUT2D eigenvalue weighted by Gasteiger charge is -2.00. The molecule has 5 heteroatoms. The van der Waals surface area contributed by atoms with Crippen molar-refractivity contribution in [1.82, 2.24) is 4.98 Å². The number of nitrogen functional groups attached to an aromatic ring is 1. The Bertz CT molecular complexity index is 522. The van der Waals surface area contributed by atoms with E-state index in [1.807, 2.05) is 12.1 Å². The summed E-state index contributed by atoms with van der Waals surface area (Å²) in [6.07, 6.45) is 3.26. The lowest BCUT2D eigenvalue weighted by atomic mass is 10.2. The van der Waals surface area contributed by atoms with Gasteiger partial charge in [-0.2, -0.15) is 0 Å². The third kappa shape index (κ3) is 1.90. The van der Waals surface area contributed by atoms with Crippen LogP contribution in [0.15, 0.2) is 30.6 Å². The molecular weight excluding hydrogens is 224 g/mol. The zero-order chi connectivity index (χ0) is 11.5. The maximum Gasteiger partial charge on any atom is 0.348 e. The Hall–Kier alpha value is -1.88. The number of aromatic nitrogens is 1. The Morgan fingerprint density at radius 3 is 2.94 bits per heavy atom. The Labute approximate surface area is 96.7 Å². The van der Waals surface area contributed by atoms with E-state index in [4.69, 9.17) is 5.73 Å². The van der Waals surface area contributed by atoms with Crippen LogP contribution in [0.1, 0.15) is 9.67 Å². The lowest BCUT2D eigenvalue weighted by Crippen LogP contribution is -1.96. The Morgan fingerprint density at radius 2 is 2.25 bits per heavy atom. The molecule has 2 aromatic heterocycles. The van der Waals surface area contributed by atoms with E-state index in [-0.39, 0.29) is 5.97 Å². The van der Waals surface area contributed by atoms with Crippen molar-refractivity contribution in [3.8, 4) is 10.4 Å². The number of pyridine rings is 1. The Kier molecular flexibility index (Phi) is 2.87. The average molecular weight is 234 g/mol. The number of rotatable bonds is 2. The van der Waals surface area contributed by atoms with Gasteiger partial charge in [0.15, 0.2) is 0 Å². The van der Waals surface area contributed by atoms with Crippen molar-refractivity contribution in [2.24, 2.45) is 0 Å². The van der Waals surface area contributed by atoms with E-state index >= 15 is 0 Å². The number of nitrogens with zero attached hydrogens (tertiary/aromatic N) is 1. The van der Waals surface area contributed by atoms with Crippen molar-refractivity contribution in [2.45, 2.75) is 0 Å². The smallest absolute Gasteiger partial charge is 0.348 e. The summed E-state index contributed by atoms with van der Waals surface area (Å²) in [5.74, 6) is -0.330. The third-order valence-electron chi connectivity index (χ3n) is 2.11. The van der Waals surface area contributed by atoms with Crippen molar-refractivity contribution in [3.63, 3.8) is 0 Å². The first kappa shape index (κ1) is 10.6. The maximum absolute atomic E-state index is 11.3. The summed E-state index contributed by atoms with van der Waals surface area (Å²) in [6, 6.07) is 5.40. The Balaban J connectivity index is 2.39. The second-order valence-electron chi connectivity index (χ2n) is 3.12. The van der Waals surface area contributed by atoms with Crippen molar-refractivity contribution < 1.29 is 9.53 Å². The van der Waals surface area contributed by atoms with Gasteiger partial charge in [0.25, 0.3) is 0 Å². The molecule has 0 bridgehead atoms. The fourth-order valence-electron chi connectivity index (χ4n) is 1.32. The van der Waals surface area contributed by atoms with Gasteiger partial charge in [0.2, 0.25) is 0 Å². The topological polar surface area (TPSA) is 65.2 Å². The van der Waals surface area contributed by atoms with E-state index in [0.29, 0.717) is 10.6 Å². The van der Waals surface area contributed by atoms with Gasteiger partial charge in [0.05, 0.1) is 19.0 Å². The molecule has 0 radical (unpaired) electrons. The summed E-state index contributed by atoms with van der Waals surface area (Å²) in [5, 5.41) is 0. The zero-order valence-electron chi connectivity index (χ0n) is 8.64. The first-order chi connectivity index (χ1) is 7.72. The van der Waals surface area contributed by atoms with Crippen molar-refractivity contribution >= 4 is 23.0 Å². The van der Waals surface area contributed by atoms with Crippen LogP contribution in [0.25, 0.3) is 10.4 Å². The molecule has 2 heterocycles. The number of anilines is 1. The van der Waals surface area contributed by atoms with Crippen LogP contribution in [-0.2, 0) is 4.74 Å². The average Bonchev–Trinajstić information content (AvgIpc) is 2.78. The lowest BCUT2D eigenvalue weighted by molar-refractivity contribution is 0.0606. The van der Waals surface area contributed by atoms with Gasteiger partial charge in [0.1, 0.15) is 4.88 Å². The first-order valence-corrected chi connectivity index (χ1v) is 5.42. The van der Waals surface area contributed by atoms with E-state index in [2.05, 4.69) is 9.72 Å². The summed E-state index contributed by atoms with van der Waals surface area (Å²) in [4.78, 5) is 16.7. The minimum Gasteiger partial charge on any atom is -0.465 e. The van der Waals surface area contributed by atoms with Crippen LogP contribution < -0.4 is 5.73 Å². The molecule has 0 atom stereocenters. The molecule has 0 aliphatic heterocycles. The molecule has 16 heavy (non-hydrogen) atoms. The molecule has 0 saturated carbocycles. The second kappa shape index (κ2) is 4.32. The fourth-order valence-corrected chi connectivity index (χ4v) is 2.30. The van der Waals surface area contributed by atoms with Crippen molar-refractivity contribution in [1.29, 1.82) is 0 Å². The quantitative estimate of drug-likeness (QED) is 0.809. The predicted molar refractivity (Wildman–Crippen MR) is 63.3 cm³/mol. The molecule has 0 aromatic carbocycles. The normalized spacial score (nSPS) is 10.1. The minimum absolute atomic E-state index is 0.330. The first-order valence-electron chi connectivity index (χ1n) is 4.60. The van der Waals surface area contributed by atoms with Crippen LogP contribution in [0, 0.1) is 0 Å². The van der Waals surface area contributed by atoms with E-state index in [0.717, 1.165) is 10.4 Å². The predicted octanol–water partition coefficient (Wildman–Crippen LogP) is 2.18. The molecule has 2 rings (SSSR count). The summed E-state index contributed by atoms with van der Waals surface area (Å²) >= 11 is 1.35.